The van der Waals surface area contributed by atoms with E-state index in [2.05, 4.69) is 196 Å². The first-order valence-corrected chi connectivity index (χ1v) is 17.8. The lowest BCUT2D eigenvalue weighted by Gasteiger charge is -2.33. The van der Waals surface area contributed by atoms with Gasteiger partial charge in [-0.2, -0.15) is 0 Å². The summed E-state index contributed by atoms with van der Waals surface area (Å²) in [7, 11) is 0. The van der Waals surface area contributed by atoms with Gasteiger partial charge in [0.1, 0.15) is 5.82 Å². The molecule has 0 unspecified atom stereocenters. The van der Waals surface area contributed by atoms with E-state index >= 15 is 0 Å². The van der Waals surface area contributed by atoms with Crippen LogP contribution in [-0.4, -0.2) is 14.1 Å². The Morgan fingerprint density at radius 2 is 0.942 bits per heavy atom. The number of aromatic nitrogens is 3. The molecule has 0 fully saturated rings. The zero-order chi connectivity index (χ0) is 34.2. The van der Waals surface area contributed by atoms with Gasteiger partial charge in [-0.15, -0.1) is 0 Å². The van der Waals surface area contributed by atoms with E-state index in [1.165, 1.54) is 77.5 Å². The first-order chi connectivity index (χ1) is 25.8. The SMILES string of the molecule is c1ccc(N2Cc3cc(-n4c5ccccc5c5cc(-c6ccc7c(c6)c6ccccc6n7-c6ccccc6)ccc54)ncc3-c3ccccc32)cc1. The first kappa shape index (κ1) is 28.9. The molecule has 0 atom stereocenters. The zero-order valence-corrected chi connectivity index (χ0v) is 28.3. The van der Waals surface area contributed by atoms with E-state index in [0.717, 1.165) is 23.4 Å². The summed E-state index contributed by atoms with van der Waals surface area (Å²) in [6.07, 6.45) is 2.07. The van der Waals surface area contributed by atoms with Crippen LogP contribution in [0.25, 0.3) is 77.4 Å². The van der Waals surface area contributed by atoms with Gasteiger partial charge in [0.05, 0.1) is 22.1 Å². The number of rotatable bonds is 4. The quantitative estimate of drug-likeness (QED) is 0.187. The second-order valence-electron chi connectivity index (χ2n) is 13.6. The Morgan fingerprint density at radius 1 is 0.404 bits per heavy atom. The molecule has 4 nitrogen and oxygen atoms in total. The summed E-state index contributed by atoms with van der Waals surface area (Å²) in [4.78, 5) is 7.55. The Hall–Kier alpha value is -6.91. The van der Waals surface area contributed by atoms with Gasteiger partial charge in [0.15, 0.2) is 0 Å². The van der Waals surface area contributed by atoms with E-state index in [4.69, 9.17) is 4.98 Å². The molecule has 1 aliphatic rings. The van der Waals surface area contributed by atoms with Crippen LogP contribution < -0.4 is 4.90 Å². The highest BCUT2D eigenvalue weighted by atomic mass is 15.1. The molecule has 0 radical (unpaired) electrons. The van der Waals surface area contributed by atoms with Crippen molar-refractivity contribution < 1.29 is 0 Å². The smallest absolute Gasteiger partial charge is 0.137 e. The van der Waals surface area contributed by atoms with E-state index in [1.807, 2.05) is 0 Å². The lowest BCUT2D eigenvalue weighted by Crippen LogP contribution is -2.21. The van der Waals surface area contributed by atoms with Crippen LogP contribution in [0.2, 0.25) is 0 Å². The van der Waals surface area contributed by atoms with Gasteiger partial charge in [0.25, 0.3) is 0 Å². The first-order valence-electron chi connectivity index (χ1n) is 17.8. The fourth-order valence-electron chi connectivity index (χ4n) is 8.42. The van der Waals surface area contributed by atoms with Crippen LogP contribution in [0.15, 0.2) is 182 Å². The molecule has 10 aromatic rings. The lowest BCUT2D eigenvalue weighted by atomic mass is 9.94. The fourth-order valence-corrected chi connectivity index (χ4v) is 8.42. The molecule has 7 aromatic carbocycles. The molecule has 0 saturated heterocycles. The second-order valence-corrected chi connectivity index (χ2v) is 13.6. The molecular formula is C48H32N4. The third kappa shape index (κ3) is 4.31. The van der Waals surface area contributed by atoms with E-state index in [9.17, 15) is 0 Å². The summed E-state index contributed by atoms with van der Waals surface area (Å²) >= 11 is 0. The van der Waals surface area contributed by atoms with Crippen molar-refractivity contribution in [1.82, 2.24) is 14.1 Å². The molecule has 11 rings (SSSR count). The molecule has 1 aliphatic heterocycles. The molecule has 0 aliphatic carbocycles. The lowest BCUT2D eigenvalue weighted by molar-refractivity contribution is 0.944. The minimum atomic E-state index is 0.774. The number of benzene rings is 7. The summed E-state index contributed by atoms with van der Waals surface area (Å²) in [5, 5.41) is 4.95. The number of hydrogen-bond acceptors (Lipinski definition) is 2. The molecule has 3 aromatic heterocycles. The Balaban J connectivity index is 1.06. The topological polar surface area (TPSA) is 26.0 Å². The van der Waals surface area contributed by atoms with Crippen LogP contribution >= 0.6 is 0 Å². The van der Waals surface area contributed by atoms with Gasteiger partial charge >= 0.3 is 0 Å². The summed E-state index contributed by atoms with van der Waals surface area (Å²) in [5.74, 6) is 0.931. The standard InChI is InChI=1S/C48H32N4/c1-3-13-35(14-4-1)50-31-34-29-48(49-30-42(34)39-19-7-10-20-43(39)50)52-45-22-12-9-18-38(45)41-28-33(24-26-47(41)52)32-23-25-46-40(27-32)37-17-8-11-21-44(37)51(46)36-15-5-2-6-16-36/h1-30H,31H2. The van der Waals surface area contributed by atoms with E-state index in [-0.39, 0.29) is 0 Å². The minimum Gasteiger partial charge on any atom is -0.336 e. The monoisotopic (exact) mass is 664 g/mol. The highest BCUT2D eigenvalue weighted by Crippen LogP contribution is 2.44. The van der Waals surface area contributed by atoms with Crippen molar-refractivity contribution in [1.29, 1.82) is 0 Å². The molecule has 0 saturated carbocycles. The average Bonchev–Trinajstić information content (AvgIpc) is 3.73. The maximum absolute atomic E-state index is 5.14. The summed E-state index contributed by atoms with van der Waals surface area (Å²) in [5.41, 5.74) is 14.4. The van der Waals surface area contributed by atoms with Gasteiger partial charge in [-0.1, -0.05) is 103 Å². The zero-order valence-electron chi connectivity index (χ0n) is 28.3. The average molecular weight is 665 g/mol. The van der Waals surface area contributed by atoms with Gasteiger partial charge in [0, 0.05) is 62.5 Å². The van der Waals surface area contributed by atoms with Crippen molar-refractivity contribution in [2.24, 2.45) is 0 Å². The van der Waals surface area contributed by atoms with Crippen molar-refractivity contribution in [2.75, 3.05) is 4.90 Å². The number of pyridine rings is 1. The number of anilines is 2. The normalized spacial score (nSPS) is 12.5. The third-order valence-corrected chi connectivity index (χ3v) is 10.8. The van der Waals surface area contributed by atoms with Crippen molar-refractivity contribution >= 4 is 55.0 Å². The molecule has 244 valence electrons. The van der Waals surface area contributed by atoms with Gasteiger partial charge in [-0.05, 0) is 89.5 Å². The fraction of sp³-hybridized carbons (Fsp3) is 0.0208. The Kier molecular flexibility index (Phi) is 6.28. The predicted molar refractivity (Wildman–Crippen MR) is 216 cm³/mol. The largest absolute Gasteiger partial charge is 0.336 e. The van der Waals surface area contributed by atoms with Crippen LogP contribution in [0, 0.1) is 0 Å². The Labute approximate surface area is 301 Å². The predicted octanol–water partition coefficient (Wildman–Crippen LogP) is 12.3. The van der Waals surface area contributed by atoms with Crippen molar-refractivity contribution in [3.8, 4) is 33.8 Å². The van der Waals surface area contributed by atoms with E-state index in [1.54, 1.807) is 0 Å². The van der Waals surface area contributed by atoms with Crippen LogP contribution in [0.3, 0.4) is 0 Å². The second kappa shape index (κ2) is 11.3. The number of hydrogen-bond donors (Lipinski definition) is 0. The van der Waals surface area contributed by atoms with Crippen LogP contribution in [0.1, 0.15) is 5.56 Å². The van der Waals surface area contributed by atoms with Crippen LogP contribution in [0.4, 0.5) is 11.4 Å². The number of fused-ring (bicyclic) bond motifs is 9. The minimum absolute atomic E-state index is 0.774. The van der Waals surface area contributed by atoms with E-state index in [0.29, 0.717) is 0 Å². The molecule has 0 bridgehead atoms. The summed E-state index contributed by atoms with van der Waals surface area (Å²) in [6, 6.07) is 63.5. The molecule has 52 heavy (non-hydrogen) atoms. The van der Waals surface area contributed by atoms with Crippen LogP contribution in [-0.2, 0) is 6.54 Å². The molecule has 0 spiro atoms. The molecule has 4 heteroatoms. The van der Waals surface area contributed by atoms with Gasteiger partial charge in [0.2, 0.25) is 0 Å². The van der Waals surface area contributed by atoms with Crippen molar-refractivity contribution in [2.45, 2.75) is 6.54 Å². The molecule has 0 amide bonds. The van der Waals surface area contributed by atoms with Crippen molar-refractivity contribution in [3.63, 3.8) is 0 Å². The third-order valence-electron chi connectivity index (χ3n) is 10.8. The number of nitrogens with zero attached hydrogens (tertiary/aromatic N) is 4. The maximum Gasteiger partial charge on any atom is 0.137 e. The molecule has 0 N–H and O–H groups in total. The van der Waals surface area contributed by atoms with Gasteiger partial charge < -0.3 is 9.47 Å². The molecular weight excluding hydrogens is 633 g/mol. The van der Waals surface area contributed by atoms with Gasteiger partial charge in [-0.3, -0.25) is 4.57 Å². The highest BCUT2D eigenvalue weighted by Gasteiger charge is 2.25. The van der Waals surface area contributed by atoms with E-state index < -0.39 is 0 Å². The maximum atomic E-state index is 5.14. The Morgan fingerprint density at radius 3 is 1.63 bits per heavy atom. The number of para-hydroxylation sites is 5. The van der Waals surface area contributed by atoms with Crippen molar-refractivity contribution in [3.05, 3.63) is 188 Å². The Bertz CT molecular complexity index is 2990. The molecule has 4 heterocycles. The van der Waals surface area contributed by atoms with Crippen LogP contribution in [0.5, 0.6) is 0 Å². The highest BCUT2D eigenvalue weighted by molar-refractivity contribution is 6.12. The summed E-state index contributed by atoms with van der Waals surface area (Å²) in [6.45, 7) is 0.774. The summed E-state index contributed by atoms with van der Waals surface area (Å²) < 4.78 is 4.70. The van der Waals surface area contributed by atoms with Gasteiger partial charge in [-0.25, -0.2) is 4.98 Å².